The van der Waals surface area contributed by atoms with Gasteiger partial charge in [0.25, 0.3) is 10.1 Å². The predicted molar refractivity (Wildman–Crippen MR) is 144 cm³/mol. The predicted octanol–water partition coefficient (Wildman–Crippen LogP) is 3.72. The molecular formula is C25H28N2O8S2. The van der Waals surface area contributed by atoms with Gasteiger partial charge in [0.05, 0.1) is 39.7 Å². The summed E-state index contributed by atoms with van der Waals surface area (Å²) in [6.07, 6.45) is 1.56. The highest BCUT2D eigenvalue weighted by atomic mass is 32.2. The van der Waals surface area contributed by atoms with E-state index in [4.69, 9.17) is 30.4 Å². The second-order valence-corrected chi connectivity index (χ2v) is 10.4. The average Bonchev–Trinajstić information content (AvgIpc) is 2.88. The summed E-state index contributed by atoms with van der Waals surface area (Å²) < 4.78 is 68.6. The topological polar surface area (TPSA) is 166 Å². The van der Waals surface area contributed by atoms with Crippen LogP contribution in [0.25, 0.3) is 17.2 Å². The molecule has 0 radical (unpaired) electrons. The standard InChI is InChI=1S/C25H28N2O8S2/c1-32-16-12-20(34-3)17(21(13-16)35-4)9-10-36(28)14-15-11-22(37(29,30)31)25(27)23(24(15)26)18-7-5-6-8-19(18)33-2/h5-13H,14,26-27H2,1-4H3,(H,29,30,31). The fourth-order valence-electron chi connectivity index (χ4n) is 3.76. The number of rotatable bonds is 10. The molecule has 0 spiro atoms. The lowest BCUT2D eigenvalue weighted by molar-refractivity contribution is 0.374. The summed E-state index contributed by atoms with van der Waals surface area (Å²) in [4.78, 5) is -0.544. The molecule has 0 heterocycles. The first-order valence-corrected chi connectivity index (χ1v) is 13.5. The zero-order valence-electron chi connectivity index (χ0n) is 20.7. The smallest absolute Gasteiger partial charge is 0.296 e. The Hall–Kier alpha value is -3.58. The Labute approximate surface area is 218 Å². The van der Waals surface area contributed by atoms with E-state index in [9.17, 15) is 17.5 Å². The van der Waals surface area contributed by atoms with E-state index in [0.717, 1.165) is 6.07 Å². The van der Waals surface area contributed by atoms with Crippen molar-refractivity contribution in [1.29, 1.82) is 0 Å². The van der Waals surface area contributed by atoms with Gasteiger partial charge in [-0.3, -0.25) is 4.55 Å². The lowest BCUT2D eigenvalue weighted by Gasteiger charge is -2.19. The number of anilines is 2. The highest BCUT2D eigenvalue weighted by Crippen LogP contribution is 2.43. The first-order chi connectivity index (χ1) is 17.5. The second kappa shape index (κ2) is 11.6. The lowest BCUT2D eigenvalue weighted by Crippen LogP contribution is -2.11. The van der Waals surface area contributed by atoms with E-state index in [-0.39, 0.29) is 28.3 Å². The molecular weight excluding hydrogens is 520 g/mol. The van der Waals surface area contributed by atoms with Crippen LogP contribution >= 0.6 is 0 Å². The summed E-state index contributed by atoms with van der Waals surface area (Å²) in [5.74, 6) is 1.60. The molecule has 198 valence electrons. The molecule has 0 saturated heterocycles. The highest BCUT2D eigenvalue weighted by Gasteiger charge is 2.26. The molecule has 1 unspecified atom stereocenters. The Morgan fingerprint density at radius 3 is 2.05 bits per heavy atom. The van der Waals surface area contributed by atoms with Crippen molar-refractivity contribution >= 4 is 38.7 Å². The molecule has 5 N–H and O–H groups in total. The van der Waals surface area contributed by atoms with Gasteiger partial charge >= 0.3 is 0 Å². The van der Waals surface area contributed by atoms with Crippen LogP contribution in [0.4, 0.5) is 11.4 Å². The summed E-state index contributed by atoms with van der Waals surface area (Å²) in [5, 5.41) is 1.40. The van der Waals surface area contributed by atoms with Crippen LogP contribution in [0, 0.1) is 0 Å². The summed E-state index contributed by atoms with van der Waals surface area (Å²) in [5.41, 5.74) is 13.7. The van der Waals surface area contributed by atoms with E-state index in [1.807, 2.05) is 0 Å². The third kappa shape index (κ3) is 6.05. The minimum absolute atomic E-state index is 0.107. The molecule has 0 aliphatic carbocycles. The van der Waals surface area contributed by atoms with Crippen molar-refractivity contribution in [1.82, 2.24) is 0 Å². The largest absolute Gasteiger partial charge is 0.612 e. The van der Waals surface area contributed by atoms with Gasteiger partial charge in [-0.05, 0) is 23.3 Å². The van der Waals surface area contributed by atoms with Gasteiger partial charge in [0, 0.05) is 40.6 Å². The van der Waals surface area contributed by atoms with Crippen LogP contribution < -0.4 is 30.4 Å². The SMILES string of the molecule is COc1cc(OC)c(C=C[S+]([O-])Cc2cc(S(=O)(=O)O)c(N)c(-c3ccccc3OC)c2N)c(OC)c1. The zero-order chi connectivity index (χ0) is 27.3. The van der Waals surface area contributed by atoms with Gasteiger partial charge in [-0.2, -0.15) is 8.42 Å². The quantitative estimate of drug-likeness (QED) is 0.193. The first kappa shape index (κ1) is 28.0. The van der Waals surface area contributed by atoms with Gasteiger partial charge in [-0.1, -0.05) is 18.2 Å². The number of methoxy groups -OCH3 is 4. The third-order valence-electron chi connectivity index (χ3n) is 5.55. The van der Waals surface area contributed by atoms with Crippen LogP contribution in [0.1, 0.15) is 11.1 Å². The van der Waals surface area contributed by atoms with Crippen LogP contribution in [-0.2, 0) is 27.0 Å². The number of hydrogen-bond acceptors (Lipinski definition) is 9. The Kier molecular flexibility index (Phi) is 8.81. The summed E-state index contributed by atoms with van der Waals surface area (Å²) in [6.45, 7) is 0. The number of para-hydroxylation sites is 1. The van der Waals surface area contributed by atoms with Gasteiger partial charge in [0.1, 0.15) is 39.1 Å². The number of benzene rings is 3. The molecule has 0 aliphatic rings. The Morgan fingerprint density at radius 2 is 1.51 bits per heavy atom. The van der Waals surface area contributed by atoms with E-state index in [0.29, 0.717) is 34.1 Å². The minimum Gasteiger partial charge on any atom is -0.612 e. The van der Waals surface area contributed by atoms with Crippen molar-refractivity contribution in [3.63, 3.8) is 0 Å². The van der Waals surface area contributed by atoms with Crippen LogP contribution in [0.2, 0.25) is 0 Å². The van der Waals surface area contributed by atoms with Crippen molar-refractivity contribution in [3.05, 3.63) is 59.0 Å². The highest BCUT2D eigenvalue weighted by molar-refractivity contribution is 7.93. The molecule has 10 nitrogen and oxygen atoms in total. The molecule has 0 amide bonds. The van der Waals surface area contributed by atoms with Crippen molar-refractivity contribution in [2.45, 2.75) is 10.6 Å². The maximum Gasteiger partial charge on any atom is 0.296 e. The van der Waals surface area contributed by atoms with Crippen LogP contribution in [0.3, 0.4) is 0 Å². The first-order valence-electron chi connectivity index (χ1n) is 10.7. The van der Waals surface area contributed by atoms with E-state index >= 15 is 0 Å². The second-order valence-electron chi connectivity index (χ2n) is 7.68. The average molecular weight is 549 g/mol. The Balaban J connectivity index is 2.08. The molecule has 3 aromatic carbocycles. The lowest BCUT2D eigenvalue weighted by atomic mass is 9.98. The van der Waals surface area contributed by atoms with Crippen molar-refractivity contribution in [3.8, 4) is 34.1 Å². The maximum absolute atomic E-state index is 13.1. The van der Waals surface area contributed by atoms with Crippen molar-refractivity contribution < 1.29 is 36.5 Å². The van der Waals surface area contributed by atoms with Crippen molar-refractivity contribution in [2.75, 3.05) is 39.9 Å². The Morgan fingerprint density at radius 1 is 0.919 bits per heavy atom. The van der Waals surface area contributed by atoms with Gasteiger partial charge in [-0.25, -0.2) is 0 Å². The molecule has 3 rings (SSSR count). The van der Waals surface area contributed by atoms with E-state index < -0.39 is 26.2 Å². The number of nitrogens with two attached hydrogens (primary N) is 2. The number of nitrogen functional groups attached to an aromatic ring is 2. The molecule has 0 saturated carbocycles. The van der Waals surface area contributed by atoms with E-state index in [1.165, 1.54) is 33.8 Å². The monoisotopic (exact) mass is 548 g/mol. The zero-order valence-corrected chi connectivity index (χ0v) is 22.3. The van der Waals surface area contributed by atoms with Crippen LogP contribution in [0.15, 0.2) is 52.8 Å². The third-order valence-corrected chi connectivity index (χ3v) is 7.48. The summed E-state index contributed by atoms with van der Waals surface area (Å²) >= 11 is -1.67. The van der Waals surface area contributed by atoms with E-state index in [1.54, 1.807) is 42.5 Å². The van der Waals surface area contributed by atoms with Crippen LogP contribution in [-0.4, -0.2) is 46.0 Å². The maximum atomic E-state index is 13.1. The molecule has 3 aromatic rings. The molecule has 0 aliphatic heterocycles. The van der Waals surface area contributed by atoms with Gasteiger partial charge < -0.3 is 35.0 Å². The minimum atomic E-state index is -4.72. The van der Waals surface area contributed by atoms with Gasteiger partial charge in [0.2, 0.25) is 0 Å². The van der Waals surface area contributed by atoms with E-state index in [2.05, 4.69) is 0 Å². The van der Waals surface area contributed by atoms with Gasteiger partial charge in [-0.15, -0.1) is 0 Å². The number of ether oxygens (including phenoxy) is 4. The molecule has 1 atom stereocenters. The summed E-state index contributed by atoms with van der Waals surface area (Å²) in [6, 6.07) is 11.2. The molecule has 0 bridgehead atoms. The summed E-state index contributed by atoms with van der Waals surface area (Å²) in [7, 11) is 1.19. The van der Waals surface area contributed by atoms with Crippen LogP contribution in [0.5, 0.6) is 23.0 Å². The fraction of sp³-hybridized carbons (Fsp3) is 0.200. The molecule has 0 aromatic heterocycles. The fourth-order valence-corrected chi connectivity index (χ4v) is 5.36. The molecule has 0 fully saturated rings. The normalized spacial score (nSPS) is 12.4. The molecule has 12 heteroatoms. The Bertz CT molecular complexity index is 1400. The van der Waals surface area contributed by atoms with Crippen molar-refractivity contribution in [2.24, 2.45) is 0 Å². The molecule has 37 heavy (non-hydrogen) atoms. The van der Waals surface area contributed by atoms with Gasteiger partial charge in [0.15, 0.2) is 0 Å². The number of hydrogen-bond donors (Lipinski definition) is 3.